The van der Waals surface area contributed by atoms with Crippen LogP contribution in [0.4, 0.5) is 19.1 Å². The Labute approximate surface area is 220 Å². The first-order valence-electron chi connectivity index (χ1n) is 11.9. The molecule has 1 unspecified atom stereocenters. The predicted molar refractivity (Wildman–Crippen MR) is 125 cm³/mol. The number of likely N-dealkylation sites (tertiary alicyclic amines) is 1. The van der Waals surface area contributed by atoms with E-state index in [0.717, 1.165) is 24.1 Å². The number of methoxy groups -OCH3 is 1. The van der Waals surface area contributed by atoms with Gasteiger partial charge in [-0.05, 0) is 0 Å². The molecule has 37 heavy (non-hydrogen) atoms. The summed E-state index contributed by atoms with van der Waals surface area (Å²) in [6.45, 7) is 2.18. The van der Waals surface area contributed by atoms with Crippen molar-refractivity contribution in [1.29, 1.82) is 0 Å². The molecule has 0 amide bonds. The van der Waals surface area contributed by atoms with E-state index in [1.165, 1.54) is 11.8 Å². The molecule has 14 heteroatoms. The number of benzene rings is 1. The van der Waals surface area contributed by atoms with Gasteiger partial charge >= 0.3 is 212 Å². The van der Waals surface area contributed by atoms with Gasteiger partial charge < -0.3 is 0 Å². The van der Waals surface area contributed by atoms with Gasteiger partial charge in [-0.25, -0.2) is 8.78 Å². The van der Waals surface area contributed by atoms with E-state index in [0.29, 0.717) is 54.2 Å². The summed E-state index contributed by atoms with van der Waals surface area (Å²) in [4.78, 5) is 6.74. The molecular weight excluding hydrogens is 604 g/mol. The number of hydrogen-bond donors (Lipinski definition) is 1. The van der Waals surface area contributed by atoms with Crippen LogP contribution in [0.1, 0.15) is 6.42 Å². The summed E-state index contributed by atoms with van der Waals surface area (Å²) in [6.07, 6.45) is -0.844. The van der Waals surface area contributed by atoms with Crippen molar-refractivity contribution in [2.75, 3.05) is 36.9 Å². The Hall–Kier alpha value is -2.72. The van der Waals surface area contributed by atoms with E-state index < -0.39 is 40.6 Å². The molecule has 0 bridgehead atoms. The Morgan fingerprint density at radius 1 is 1.27 bits per heavy atom. The van der Waals surface area contributed by atoms with E-state index in [1.807, 2.05) is 12.1 Å². The van der Waals surface area contributed by atoms with Crippen LogP contribution in [0.25, 0.3) is 27.7 Å². The first kappa shape index (κ1) is 24.6. The number of piperidine rings is 1. The Kier molecular flexibility index (Phi) is 6.79. The number of alkyl halides is 4. The molecule has 2 fully saturated rings. The minimum atomic E-state index is -2.54. The summed E-state index contributed by atoms with van der Waals surface area (Å²) in [6, 6.07) is 7.58. The van der Waals surface area contributed by atoms with Gasteiger partial charge in [0.15, 0.2) is 0 Å². The van der Waals surface area contributed by atoms with Gasteiger partial charge in [-0.3, -0.25) is 0 Å². The van der Waals surface area contributed by atoms with Gasteiger partial charge in [-0.15, -0.1) is 0 Å². The van der Waals surface area contributed by atoms with Crippen molar-refractivity contribution in [2.24, 2.45) is 0 Å². The quantitative estimate of drug-likeness (QED) is 0.161. The summed E-state index contributed by atoms with van der Waals surface area (Å²) in [5.41, 5.74) is 3.23. The van der Waals surface area contributed by atoms with Crippen LogP contribution in [0, 0.1) is 0 Å². The molecule has 1 N–H and O–H groups in total. The Bertz CT molecular complexity index is 1410. The van der Waals surface area contributed by atoms with E-state index in [4.69, 9.17) is 9.47 Å². The second-order valence-electron chi connectivity index (χ2n) is 9.04. The number of aromatic nitrogens is 6. The van der Waals surface area contributed by atoms with E-state index in [-0.39, 0.29) is 3.92 Å². The Morgan fingerprint density at radius 3 is 2.86 bits per heavy atom. The van der Waals surface area contributed by atoms with E-state index >= 15 is 0 Å². The molecule has 10 nitrogen and oxygen atoms in total. The van der Waals surface area contributed by atoms with E-state index in [9.17, 15) is 13.2 Å². The molecule has 4 aromatic rings. The zero-order chi connectivity index (χ0) is 25.5. The van der Waals surface area contributed by atoms with Gasteiger partial charge in [0.2, 0.25) is 0 Å². The van der Waals surface area contributed by atoms with Gasteiger partial charge in [0.05, 0.1) is 0 Å². The summed E-state index contributed by atoms with van der Waals surface area (Å²) in [5.74, 6) is 0.744. The molecule has 6 rings (SSSR count). The van der Waals surface area contributed by atoms with E-state index in [2.05, 4.69) is 28.8 Å². The first-order valence-corrected chi connectivity index (χ1v) is 14.2. The average molecular weight is 629 g/mol. The van der Waals surface area contributed by atoms with Crippen molar-refractivity contribution in [3.05, 3.63) is 30.5 Å². The third-order valence-corrected chi connectivity index (χ3v) is 9.71. The third-order valence-electron chi connectivity index (χ3n) is 6.72. The molecule has 2 atom stereocenters. The molecule has 0 radical (unpaired) electrons. The summed E-state index contributed by atoms with van der Waals surface area (Å²) < 4.78 is 57.8. The minimum absolute atomic E-state index is 0.0278. The van der Waals surface area contributed by atoms with Crippen molar-refractivity contribution < 1.29 is 44.1 Å². The fourth-order valence-corrected chi connectivity index (χ4v) is 6.83. The van der Waals surface area contributed by atoms with Gasteiger partial charge in [-0.1, -0.05) is 0 Å². The topological polar surface area (TPSA) is 94.6 Å². The summed E-state index contributed by atoms with van der Waals surface area (Å²) in [7, 11) is 1.53. The molecule has 2 aliphatic heterocycles. The number of rotatable bonds is 8. The Balaban J connectivity index is 1.22. The van der Waals surface area contributed by atoms with Gasteiger partial charge in [-0.2, -0.15) is 0 Å². The molecule has 0 spiro atoms. The van der Waals surface area contributed by atoms with Crippen LogP contribution >= 0.6 is 0 Å². The molecule has 3 aromatic heterocycles. The maximum absolute atomic E-state index is 14.9. The monoisotopic (exact) mass is 629 g/mol. The van der Waals surface area contributed by atoms with Crippen molar-refractivity contribution in [3.63, 3.8) is 0 Å². The molecule has 2 aliphatic rings. The first-order chi connectivity index (χ1) is 18.0. The number of nitrogens with one attached hydrogen (secondary N) is 1. The van der Waals surface area contributed by atoms with Gasteiger partial charge in [0.1, 0.15) is 0 Å². The van der Waals surface area contributed by atoms with Crippen molar-refractivity contribution >= 4 is 22.5 Å². The molecule has 2 saturated heterocycles. The fraction of sp³-hybridized carbons (Fsp3) is 0.478. The summed E-state index contributed by atoms with van der Waals surface area (Å²) in [5, 5.41) is 12.4. The van der Waals surface area contributed by atoms with Crippen LogP contribution in [-0.2, 0) is 11.3 Å². The molecular formula is C23H25F3IN8O2-. The van der Waals surface area contributed by atoms with Crippen LogP contribution in [0.3, 0.4) is 0 Å². The SMILES string of the molecule is COc1nc(N[I-]C2CCN(C3COC3)C[C@@H]2F)nn2ccc(-c3ccc4nnn(CC(F)F)c4c3)c12. The van der Waals surface area contributed by atoms with Crippen molar-refractivity contribution in [3.8, 4) is 17.0 Å². The van der Waals surface area contributed by atoms with Gasteiger partial charge in [0.25, 0.3) is 0 Å². The number of anilines is 1. The molecule has 1 aromatic carbocycles. The van der Waals surface area contributed by atoms with Crippen LogP contribution in [0.15, 0.2) is 30.5 Å². The van der Waals surface area contributed by atoms with Crippen LogP contribution in [0.5, 0.6) is 5.88 Å². The van der Waals surface area contributed by atoms with Crippen LogP contribution in [0.2, 0.25) is 0 Å². The average Bonchev–Trinajstić information content (AvgIpc) is 3.45. The predicted octanol–water partition coefficient (Wildman–Crippen LogP) is -0.358. The van der Waals surface area contributed by atoms with Crippen LogP contribution < -0.4 is 29.7 Å². The zero-order valence-electron chi connectivity index (χ0n) is 19.9. The number of nitrogens with zero attached hydrogens (tertiary/aromatic N) is 7. The Morgan fingerprint density at radius 2 is 2.14 bits per heavy atom. The zero-order valence-corrected chi connectivity index (χ0v) is 22.1. The molecule has 5 heterocycles. The van der Waals surface area contributed by atoms with Crippen molar-refractivity contribution in [1.82, 2.24) is 34.5 Å². The number of halogens is 4. The maximum atomic E-state index is 14.9. The second kappa shape index (κ2) is 10.2. The molecule has 198 valence electrons. The normalized spacial score (nSPS) is 21.2. The van der Waals surface area contributed by atoms with E-state index in [1.54, 1.807) is 22.8 Å². The molecule has 0 saturated carbocycles. The fourth-order valence-electron chi connectivity index (χ4n) is 4.71. The number of hydrogen-bond acceptors (Lipinski definition) is 8. The molecule has 0 aliphatic carbocycles. The third kappa shape index (κ3) is 4.81. The number of fused-ring (bicyclic) bond motifs is 2. The van der Waals surface area contributed by atoms with Gasteiger partial charge in [0, 0.05) is 0 Å². The second-order valence-corrected chi connectivity index (χ2v) is 11.8. The standard InChI is InChI=1S/C23H25F3IN8O2/c1-36-22-21-15(13-2-3-18-19(8-13)35(32-30-18)10-20(25)26)4-7-34(21)31-23(28-22)29-27-17-5-6-33(9-16(17)24)14-11-37-12-14/h2-4,7-8,14,16-17,20H,5-6,9-12H2,1H3,(H,29,31)/q-1/t16-,17?/m0/s1. The van der Waals surface area contributed by atoms with Crippen molar-refractivity contribution in [2.45, 2.75) is 35.5 Å². The van der Waals surface area contributed by atoms with Crippen LogP contribution in [-0.4, -0.2) is 90.5 Å². The number of ether oxygens (including phenoxy) is 2. The summed E-state index contributed by atoms with van der Waals surface area (Å²) >= 11 is -0.734.